The summed E-state index contributed by atoms with van der Waals surface area (Å²) in [6, 6.07) is 16.3. The van der Waals surface area contributed by atoms with Crippen LogP contribution in [0.3, 0.4) is 0 Å². The van der Waals surface area contributed by atoms with Gasteiger partial charge in [0.25, 0.3) is 0 Å². The van der Waals surface area contributed by atoms with Crippen LogP contribution in [0, 0.1) is 0 Å². The van der Waals surface area contributed by atoms with Crippen molar-refractivity contribution in [3.05, 3.63) is 48.5 Å². The number of para-hydroxylation sites is 2. The van der Waals surface area contributed by atoms with Crippen LogP contribution in [-0.4, -0.2) is 16.1 Å². The molecule has 0 fully saturated rings. The first-order valence-corrected chi connectivity index (χ1v) is 7.13. The van der Waals surface area contributed by atoms with Crippen LogP contribution >= 0.6 is 0 Å². The van der Waals surface area contributed by atoms with Crippen LogP contribution in [-0.2, 0) is 16.1 Å². The molecule has 0 saturated heterocycles. The van der Waals surface area contributed by atoms with Gasteiger partial charge in [0.15, 0.2) is 0 Å². The molecule has 21 heavy (non-hydrogen) atoms. The highest BCUT2D eigenvalue weighted by Crippen LogP contribution is 2.28. The highest BCUT2D eigenvalue weighted by atomic mass is 16.6. The van der Waals surface area contributed by atoms with Crippen molar-refractivity contribution < 1.29 is 9.53 Å². The molecule has 0 N–H and O–H groups in total. The molecule has 108 valence electrons. The molecule has 3 rings (SSSR count). The van der Waals surface area contributed by atoms with Crippen molar-refractivity contribution in [2.45, 2.75) is 32.9 Å². The fourth-order valence-electron chi connectivity index (χ4n) is 2.68. The van der Waals surface area contributed by atoms with Gasteiger partial charge in [-0.25, -0.2) is 0 Å². The van der Waals surface area contributed by atoms with Gasteiger partial charge >= 0.3 is 5.97 Å². The summed E-state index contributed by atoms with van der Waals surface area (Å²) in [4.78, 5) is 12.2. The van der Waals surface area contributed by atoms with Gasteiger partial charge in [0, 0.05) is 21.8 Å². The number of fused-ring (bicyclic) bond motifs is 3. The Morgan fingerprint density at radius 3 is 1.90 bits per heavy atom. The number of nitrogens with zero attached hydrogens (tertiary/aromatic N) is 1. The number of rotatable bonds is 2. The maximum Gasteiger partial charge on any atom is 0.326 e. The van der Waals surface area contributed by atoms with Crippen LogP contribution in [0.2, 0.25) is 0 Å². The lowest BCUT2D eigenvalue weighted by atomic mass is 10.2. The molecule has 0 radical (unpaired) electrons. The quantitative estimate of drug-likeness (QED) is 0.661. The lowest BCUT2D eigenvalue weighted by Gasteiger charge is -2.20. The van der Waals surface area contributed by atoms with Gasteiger partial charge in [0.2, 0.25) is 0 Å². The van der Waals surface area contributed by atoms with Crippen LogP contribution in [0.4, 0.5) is 0 Å². The summed E-state index contributed by atoms with van der Waals surface area (Å²) in [5.74, 6) is -0.214. The van der Waals surface area contributed by atoms with Crippen molar-refractivity contribution in [2.24, 2.45) is 0 Å². The van der Waals surface area contributed by atoms with E-state index in [2.05, 4.69) is 12.1 Å². The van der Waals surface area contributed by atoms with E-state index in [1.54, 1.807) is 0 Å². The number of carbonyl (C=O) groups is 1. The van der Waals surface area contributed by atoms with Gasteiger partial charge in [-0.3, -0.25) is 4.79 Å². The summed E-state index contributed by atoms with van der Waals surface area (Å²) < 4.78 is 7.48. The molecule has 0 aliphatic carbocycles. The molecule has 0 aliphatic rings. The SMILES string of the molecule is CC(C)(C)OC(=O)Cn1c2ccccc2c2ccccc21. The molecule has 3 aromatic rings. The van der Waals surface area contributed by atoms with Crippen molar-refractivity contribution in [2.75, 3.05) is 0 Å². The fraction of sp³-hybridized carbons (Fsp3) is 0.278. The number of esters is 1. The van der Waals surface area contributed by atoms with E-state index in [1.165, 1.54) is 0 Å². The predicted octanol–water partition coefficient (Wildman–Crippen LogP) is 4.14. The molecule has 2 aromatic carbocycles. The smallest absolute Gasteiger partial charge is 0.326 e. The first-order chi connectivity index (χ1) is 9.96. The number of aromatic nitrogens is 1. The molecule has 0 spiro atoms. The Morgan fingerprint density at radius 2 is 1.43 bits per heavy atom. The summed E-state index contributed by atoms with van der Waals surface area (Å²) >= 11 is 0. The minimum atomic E-state index is -0.462. The second kappa shape index (κ2) is 4.92. The molecule has 0 amide bonds. The van der Waals surface area contributed by atoms with E-state index >= 15 is 0 Å². The number of hydrogen-bond donors (Lipinski definition) is 0. The number of benzene rings is 2. The zero-order valence-corrected chi connectivity index (χ0v) is 12.6. The third-order valence-electron chi connectivity index (χ3n) is 3.39. The van der Waals surface area contributed by atoms with E-state index < -0.39 is 5.60 Å². The largest absolute Gasteiger partial charge is 0.459 e. The van der Waals surface area contributed by atoms with E-state index in [0.29, 0.717) is 0 Å². The average molecular weight is 281 g/mol. The molecule has 3 heteroatoms. The second-order valence-corrected chi connectivity index (χ2v) is 6.21. The Balaban J connectivity index is 2.10. The topological polar surface area (TPSA) is 31.2 Å². The van der Waals surface area contributed by atoms with E-state index in [0.717, 1.165) is 21.8 Å². The van der Waals surface area contributed by atoms with Gasteiger partial charge in [-0.1, -0.05) is 36.4 Å². The monoisotopic (exact) mass is 281 g/mol. The van der Waals surface area contributed by atoms with Crippen LogP contribution in [0.1, 0.15) is 20.8 Å². The Labute approximate surface area is 124 Å². The lowest BCUT2D eigenvalue weighted by molar-refractivity contribution is -0.155. The molecule has 0 bridgehead atoms. The van der Waals surface area contributed by atoms with E-state index in [1.807, 2.05) is 61.7 Å². The molecule has 0 unspecified atom stereocenters. The number of hydrogen-bond acceptors (Lipinski definition) is 2. The van der Waals surface area contributed by atoms with Crippen LogP contribution < -0.4 is 0 Å². The normalized spacial score (nSPS) is 12.0. The molecular weight excluding hydrogens is 262 g/mol. The first kappa shape index (κ1) is 13.7. The van der Waals surface area contributed by atoms with Crippen molar-refractivity contribution in [1.29, 1.82) is 0 Å². The zero-order chi connectivity index (χ0) is 15.0. The highest BCUT2D eigenvalue weighted by Gasteiger charge is 2.18. The molecule has 1 heterocycles. The van der Waals surface area contributed by atoms with Crippen molar-refractivity contribution in [1.82, 2.24) is 4.57 Å². The number of ether oxygens (including phenoxy) is 1. The van der Waals surface area contributed by atoms with Gasteiger partial charge in [-0.15, -0.1) is 0 Å². The highest BCUT2D eigenvalue weighted by molar-refractivity contribution is 6.08. The van der Waals surface area contributed by atoms with Crippen molar-refractivity contribution >= 4 is 27.8 Å². The maximum atomic E-state index is 12.2. The van der Waals surface area contributed by atoms with Crippen LogP contribution in [0.5, 0.6) is 0 Å². The van der Waals surface area contributed by atoms with Crippen molar-refractivity contribution in [3.8, 4) is 0 Å². The summed E-state index contributed by atoms with van der Waals surface area (Å²) in [5, 5.41) is 2.33. The maximum absolute atomic E-state index is 12.2. The van der Waals surface area contributed by atoms with Crippen molar-refractivity contribution in [3.63, 3.8) is 0 Å². The Kier molecular flexibility index (Phi) is 3.20. The third-order valence-corrected chi connectivity index (χ3v) is 3.39. The number of carbonyl (C=O) groups excluding carboxylic acids is 1. The van der Waals surface area contributed by atoms with Crippen LogP contribution in [0.25, 0.3) is 21.8 Å². The molecule has 0 saturated carbocycles. The predicted molar refractivity (Wildman–Crippen MR) is 85.3 cm³/mol. The van der Waals surface area contributed by atoms with Gasteiger partial charge in [-0.2, -0.15) is 0 Å². The summed E-state index contributed by atoms with van der Waals surface area (Å²) in [5.41, 5.74) is 1.66. The Bertz CT molecular complexity index is 756. The Morgan fingerprint density at radius 1 is 0.952 bits per heavy atom. The lowest BCUT2D eigenvalue weighted by Crippen LogP contribution is -2.26. The molecule has 3 nitrogen and oxygen atoms in total. The van der Waals surface area contributed by atoms with Gasteiger partial charge < -0.3 is 9.30 Å². The van der Waals surface area contributed by atoms with E-state index in [-0.39, 0.29) is 12.5 Å². The minimum Gasteiger partial charge on any atom is -0.459 e. The summed E-state index contributed by atoms with van der Waals surface area (Å²) in [6.07, 6.45) is 0. The second-order valence-electron chi connectivity index (χ2n) is 6.21. The summed E-state index contributed by atoms with van der Waals surface area (Å²) in [6.45, 7) is 5.88. The molecular formula is C18H19NO2. The summed E-state index contributed by atoms with van der Waals surface area (Å²) in [7, 11) is 0. The standard InChI is InChI=1S/C18H19NO2/c1-18(2,3)21-17(20)12-19-15-10-6-4-8-13(15)14-9-5-7-11-16(14)19/h4-11H,12H2,1-3H3. The zero-order valence-electron chi connectivity index (χ0n) is 12.6. The van der Waals surface area contributed by atoms with Gasteiger partial charge in [0.1, 0.15) is 12.1 Å². The van der Waals surface area contributed by atoms with E-state index in [4.69, 9.17) is 4.74 Å². The first-order valence-electron chi connectivity index (χ1n) is 7.13. The fourth-order valence-corrected chi connectivity index (χ4v) is 2.68. The van der Waals surface area contributed by atoms with Gasteiger partial charge in [0.05, 0.1) is 0 Å². The molecule has 1 aromatic heterocycles. The molecule has 0 atom stereocenters. The molecule has 0 aliphatic heterocycles. The van der Waals surface area contributed by atoms with Crippen LogP contribution in [0.15, 0.2) is 48.5 Å². The average Bonchev–Trinajstić information content (AvgIpc) is 2.72. The van der Waals surface area contributed by atoms with E-state index in [9.17, 15) is 4.79 Å². The third kappa shape index (κ3) is 2.64. The Hall–Kier alpha value is -2.29. The minimum absolute atomic E-state index is 0.214. The van der Waals surface area contributed by atoms with Gasteiger partial charge in [-0.05, 0) is 32.9 Å².